The molecule has 0 spiro atoms. The monoisotopic (exact) mass is 192 g/mol. The Morgan fingerprint density at radius 3 is 2.86 bits per heavy atom. The summed E-state index contributed by atoms with van der Waals surface area (Å²) in [5.41, 5.74) is 1.81. The molecule has 1 aliphatic carbocycles. The third-order valence-corrected chi connectivity index (χ3v) is 2.56. The van der Waals surface area contributed by atoms with Crippen LogP contribution in [0.15, 0.2) is 24.3 Å². The third kappa shape index (κ3) is 1.65. The van der Waals surface area contributed by atoms with Crippen LogP contribution in [0.1, 0.15) is 24.8 Å². The molecule has 0 fully saturated rings. The molecule has 0 radical (unpaired) electrons. The molecular formula is C12H13FO. The van der Waals surface area contributed by atoms with Crippen molar-refractivity contribution in [1.29, 1.82) is 0 Å². The highest BCUT2D eigenvalue weighted by Gasteiger charge is 2.12. The molecule has 14 heavy (non-hydrogen) atoms. The van der Waals surface area contributed by atoms with Gasteiger partial charge < -0.3 is 4.74 Å². The molecule has 1 aromatic rings. The smallest absolute Gasteiger partial charge is 0.130 e. The highest BCUT2D eigenvalue weighted by molar-refractivity contribution is 5.68. The van der Waals surface area contributed by atoms with E-state index in [0.29, 0.717) is 11.3 Å². The summed E-state index contributed by atoms with van der Waals surface area (Å²) in [6.45, 7) is 0. The van der Waals surface area contributed by atoms with Gasteiger partial charge in [-0.25, -0.2) is 4.39 Å². The summed E-state index contributed by atoms with van der Waals surface area (Å²) in [7, 11) is 1.60. The Labute approximate surface area is 83.2 Å². The second kappa shape index (κ2) is 3.82. The molecule has 0 atom stereocenters. The zero-order valence-corrected chi connectivity index (χ0v) is 8.22. The maximum atomic E-state index is 13.5. The number of hydrogen-bond donors (Lipinski definition) is 0. The molecule has 2 rings (SSSR count). The summed E-state index contributed by atoms with van der Waals surface area (Å²) in [5, 5.41) is 0. The van der Waals surface area contributed by atoms with Gasteiger partial charge in [-0.2, -0.15) is 0 Å². The van der Waals surface area contributed by atoms with E-state index in [1.807, 2.05) is 0 Å². The minimum Gasteiger partial charge on any atom is -0.497 e. The van der Waals surface area contributed by atoms with E-state index in [1.165, 1.54) is 6.07 Å². The summed E-state index contributed by atoms with van der Waals surface area (Å²) in [4.78, 5) is 0. The Morgan fingerprint density at radius 2 is 2.21 bits per heavy atom. The van der Waals surface area contributed by atoms with Crippen LogP contribution in [0.5, 0.6) is 5.75 Å². The SMILES string of the molecule is COc1ccc(F)c(C2=CCCC2)c1. The Kier molecular flexibility index (Phi) is 2.53. The first-order valence-corrected chi connectivity index (χ1v) is 4.84. The van der Waals surface area contributed by atoms with Crippen LogP contribution in [0.3, 0.4) is 0 Å². The van der Waals surface area contributed by atoms with Gasteiger partial charge in [-0.15, -0.1) is 0 Å². The van der Waals surface area contributed by atoms with Crippen LogP contribution < -0.4 is 4.74 Å². The summed E-state index contributed by atoms with van der Waals surface area (Å²) in [6, 6.07) is 4.88. The first-order valence-electron chi connectivity index (χ1n) is 4.84. The van der Waals surface area contributed by atoms with E-state index >= 15 is 0 Å². The quantitative estimate of drug-likeness (QED) is 0.697. The van der Waals surface area contributed by atoms with Crippen molar-refractivity contribution in [2.45, 2.75) is 19.3 Å². The second-order valence-electron chi connectivity index (χ2n) is 3.47. The summed E-state index contributed by atoms with van der Waals surface area (Å²) >= 11 is 0. The van der Waals surface area contributed by atoms with Gasteiger partial charge in [-0.3, -0.25) is 0 Å². The molecule has 1 aromatic carbocycles. The molecule has 74 valence electrons. The van der Waals surface area contributed by atoms with Gasteiger partial charge in [-0.1, -0.05) is 6.08 Å². The van der Waals surface area contributed by atoms with Crippen molar-refractivity contribution in [3.8, 4) is 5.75 Å². The van der Waals surface area contributed by atoms with Crippen molar-refractivity contribution in [2.75, 3.05) is 7.11 Å². The fourth-order valence-corrected chi connectivity index (χ4v) is 1.79. The minimum absolute atomic E-state index is 0.154. The summed E-state index contributed by atoms with van der Waals surface area (Å²) in [6.07, 6.45) is 5.28. The molecule has 0 saturated heterocycles. The molecule has 2 heteroatoms. The first-order chi connectivity index (χ1) is 6.81. The maximum absolute atomic E-state index is 13.5. The Balaban J connectivity index is 2.40. The summed E-state index contributed by atoms with van der Waals surface area (Å²) < 4.78 is 18.5. The van der Waals surface area contributed by atoms with E-state index in [2.05, 4.69) is 6.08 Å². The van der Waals surface area contributed by atoms with Gasteiger partial charge in [0, 0.05) is 5.56 Å². The van der Waals surface area contributed by atoms with E-state index in [0.717, 1.165) is 24.8 Å². The number of methoxy groups -OCH3 is 1. The number of benzene rings is 1. The molecule has 0 aromatic heterocycles. The van der Waals surface area contributed by atoms with Crippen LogP contribution in [0.2, 0.25) is 0 Å². The van der Waals surface area contributed by atoms with Crippen molar-refractivity contribution in [3.05, 3.63) is 35.7 Å². The maximum Gasteiger partial charge on any atom is 0.130 e. The number of ether oxygens (including phenoxy) is 1. The second-order valence-corrected chi connectivity index (χ2v) is 3.47. The van der Waals surface area contributed by atoms with Crippen molar-refractivity contribution in [3.63, 3.8) is 0 Å². The average Bonchev–Trinajstić information content (AvgIpc) is 2.71. The Hall–Kier alpha value is -1.31. The predicted molar refractivity (Wildman–Crippen MR) is 54.8 cm³/mol. The zero-order chi connectivity index (χ0) is 9.97. The van der Waals surface area contributed by atoms with Gasteiger partial charge in [0.2, 0.25) is 0 Å². The molecule has 1 aliphatic rings. The van der Waals surface area contributed by atoms with Crippen molar-refractivity contribution >= 4 is 5.57 Å². The highest BCUT2D eigenvalue weighted by atomic mass is 19.1. The van der Waals surface area contributed by atoms with E-state index in [9.17, 15) is 4.39 Å². The lowest BCUT2D eigenvalue weighted by Crippen LogP contribution is -1.90. The van der Waals surface area contributed by atoms with Crippen molar-refractivity contribution < 1.29 is 9.13 Å². The number of halogens is 1. The third-order valence-electron chi connectivity index (χ3n) is 2.56. The van der Waals surface area contributed by atoms with E-state index in [-0.39, 0.29) is 5.82 Å². The summed E-state index contributed by atoms with van der Waals surface area (Å²) in [5.74, 6) is 0.563. The highest BCUT2D eigenvalue weighted by Crippen LogP contribution is 2.31. The standard InChI is InChI=1S/C12H13FO/c1-14-10-6-7-12(13)11(8-10)9-4-2-3-5-9/h4,6-8H,2-3,5H2,1H3. The largest absolute Gasteiger partial charge is 0.497 e. The van der Waals surface area contributed by atoms with Gasteiger partial charge in [0.25, 0.3) is 0 Å². The van der Waals surface area contributed by atoms with Crippen LogP contribution in [0, 0.1) is 5.82 Å². The lowest BCUT2D eigenvalue weighted by Gasteiger charge is -2.06. The minimum atomic E-state index is -0.154. The fraction of sp³-hybridized carbons (Fsp3) is 0.333. The lowest BCUT2D eigenvalue weighted by atomic mass is 10.0. The normalized spacial score (nSPS) is 15.4. The van der Waals surface area contributed by atoms with E-state index in [4.69, 9.17) is 4.74 Å². The van der Waals surface area contributed by atoms with Crippen LogP contribution in [0.4, 0.5) is 4.39 Å². The fourth-order valence-electron chi connectivity index (χ4n) is 1.79. The van der Waals surface area contributed by atoms with Crippen LogP contribution >= 0.6 is 0 Å². The van der Waals surface area contributed by atoms with Gasteiger partial charge in [0.15, 0.2) is 0 Å². The zero-order valence-electron chi connectivity index (χ0n) is 8.22. The molecular weight excluding hydrogens is 179 g/mol. The Bertz CT molecular complexity index is 369. The molecule has 0 saturated carbocycles. The predicted octanol–water partition coefficient (Wildman–Crippen LogP) is 3.40. The van der Waals surface area contributed by atoms with Gasteiger partial charge in [0.1, 0.15) is 11.6 Å². The number of allylic oxidation sites excluding steroid dienone is 2. The molecule has 0 bridgehead atoms. The van der Waals surface area contributed by atoms with Crippen LogP contribution in [0.25, 0.3) is 5.57 Å². The van der Waals surface area contributed by atoms with Gasteiger partial charge >= 0.3 is 0 Å². The van der Waals surface area contributed by atoms with Crippen LogP contribution in [-0.4, -0.2) is 7.11 Å². The van der Waals surface area contributed by atoms with Crippen molar-refractivity contribution in [1.82, 2.24) is 0 Å². The van der Waals surface area contributed by atoms with E-state index < -0.39 is 0 Å². The van der Waals surface area contributed by atoms with Gasteiger partial charge in [0.05, 0.1) is 7.11 Å². The molecule has 1 nitrogen and oxygen atoms in total. The van der Waals surface area contributed by atoms with E-state index in [1.54, 1.807) is 19.2 Å². The molecule has 0 heterocycles. The van der Waals surface area contributed by atoms with Crippen LogP contribution in [-0.2, 0) is 0 Å². The molecule has 0 amide bonds. The topological polar surface area (TPSA) is 9.23 Å². The molecule has 0 unspecified atom stereocenters. The van der Waals surface area contributed by atoms with Crippen molar-refractivity contribution in [2.24, 2.45) is 0 Å². The molecule has 0 N–H and O–H groups in total. The lowest BCUT2D eigenvalue weighted by molar-refractivity contribution is 0.413. The number of rotatable bonds is 2. The first kappa shape index (κ1) is 9.25. The Morgan fingerprint density at radius 1 is 1.36 bits per heavy atom. The number of hydrogen-bond acceptors (Lipinski definition) is 1. The average molecular weight is 192 g/mol. The molecule has 0 aliphatic heterocycles. The van der Waals surface area contributed by atoms with Gasteiger partial charge in [-0.05, 0) is 43.0 Å².